The molecule has 0 radical (unpaired) electrons. The molecule has 0 aromatic carbocycles. The minimum Gasteiger partial charge on any atom is -0.377 e. The molecular weight excluding hydrogens is 468 g/mol. The zero-order chi connectivity index (χ0) is 27.7. The Morgan fingerprint density at radius 3 is 2.47 bits per heavy atom. The summed E-state index contributed by atoms with van der Waals surface area (Å²) in [6.45, 7) is 16.4. The van der Waals surface area contributed by atoms with E-state index in [4.69, 9.17) is 4.74 Å². The van der Waals surface area contributed by atoms with Gasteiger partial charge in [-0.1, -0.05) is 72.5 Å². The van der Waals surface area contributed by atoms with Crippen LogP contribution >= 0.6 is 0 Å². The van der Waals surface area contributed by atoms with Crippen LogP contribution in [-0.2, 0) is 14.3 Å². The summed E-state index contributed by atoms with van der Waals surface area (Å²) >= 11 is 0. The maximum Gasteiger partial charge on any atom is 0.135 e. The Morgan fingerprint density at radius 2 is 1.79 bits per heavy atom. The van der Waals surface area contributed by atoms with Gasteiger partial charge in [0.15, 0.2) is 0 Å². The predicted octanol–water partition coefficient (Wildman–Crippen LogP) is 8.99. The van der Waals surface area contributed by atoms with Gasteiger partial charge in [-0.15, -0.1) is 0 Å². The Kier molecular flexibility index (Phi) is 9.69. The van der Waals surface area contributed by atoms with Crippen molar-refractivity contribution in [3.8, 4) is 0 Å². The van der Waals surface area contributed by atoms with Gasteiger partial charge in [-0.25, -0.2) is 0 Å². The van der Waals surface area contributed by atoms with Gasteiger partial charge in [0, 0.05) is 18.8 Å². The van der Waals surface area contributed by atoms with Crippen molar-refractivity contribution in [2.45, 2.75) is 138 Å². The summed E-state index contributed by atoms with van der Waals surface area (Å²) < 4.78 is 6.34. The van der Waals surface area contributed by atoms with Gasteiger partial charge in [-0.3, -0.25) is 9.59 Å². The van der Waals surface area contributed by atoms with Crippen molar-refractivity contribution in [2.75, 3.05) is 6.61 Å². The fourth-order valence-corrected chi connectivity index (χ4v) is 9.79. The molecule has 3 saturated carbocycles. The Morgan fingerprint density at radius 1 is 1.03 bits per heavy atom. The second-order valence-electron chi connectivity index (χ2n) is 14.9. The molecule has 3 heteroatoms. The number of carbonyl (C=O) groups excluding carboxylic acids is 2. The molecule has 38 heavy (non-hydrogen) atoms. The minimum absolute atomic E-state index is 0.0848. The van der Waals surface area contributed by atoms with E-state index >= 15 is 0 Å². The van der Waals surface area contributed by atoms with Crippen LogP contribution in [0.3, 0.4) is 0 Å². The zero-order valence-electron chi connectivity index (χ0n) is 25.8. The molecule has 0 spiro atoms. The van der Waals surface area contributed by atoms with Crippen molar-refractivity contribution >= 4 is 11.6 Å². The summed E-state index contributed by atoms with van der Waals surface area (Å²) in [7, 11) is 0. The third-order valence-corrected chi connectivity index (χ3v) is 12.2. The highest BCUT2D eigenvalue weighted by molar-refractivity contribution is 5.86. The van der Waals surface area contributed by atoms with Crippen molar-refractivity contribution in [2.24, 2.45) is 52.3 Å². The lowest BCUT2D eigenvalue weighted by Gasteiger charge is -2.58. The molecule has 0 aromatic heterocycles. The fourth-order valence-electron chi connectivity index (χ4n) is 9.79. The molecule has 4 aliphatic carbocycles. The van der Waals surface area contributed by atoms with Gasteiger partial charge < -0.3 is 4.74 Å². The van der Waals surface area contributed by atoms with E-state index < -0.39 is 0 Å². The molecule has 0 N–H and O–H groups in total. The van der Waals surface area contributed by atoms with Gasteiger partial charge in [-0.05, 0) is 105 Å². The van der Waals surface area contributed by atoms with Crippen LogP contribution in [0.15, 0.2) is 11.6 Å². The Hall–Kier alpha value is -0.960. The topological polar surface area (TPSA) is 43.4 Å². The summed E-state index contributed by atoms with van der Waals surface area (Å²) in [5.74, 6) is 5.15. The SMILES string of the molecule is CCC(=O)CC(COC1CC[C@@]2(C)C(=CC[C@H]3[C@@H]4CC[C@H]([C@H](C)CCCC(C)C)[C@@]4(C)CC[C@@H]32)C1)C(C)=O. The molecule has 216 valence electrons. The van der Waals surface area contributed by atoms with E-state index in [2.05, 4.69) is 40.7 Å². The monoisotopic (exact) mass is 526 g/mol. The minimum atomic E-state index is -0.278. The first kappa shape index (κ1) is 30.0. The standard InChI is InChI=1S/C35H58O3/c1-8-28(37)20-26(25(5)36)22-38-29-16-18-34(6)27(21-29)12-13-30-32-15-14-31(24(4)11-9-10-23(2)3)35(32,7)19-17-33(30)34/h12,23-24,26,29-33H,8-11,13-22H2,1-7H3/t24-,26?,29?,30+,31-,32+,33+,34+,35-/m1/s1. The normalized spacial score (nSPS) is 38.1. The third kappa shape index (κ3) is 6.03. The molecule has 4 rings (SSSR count). The molecule has 4 aliphatic rings. The number of ketones is 2. The van der Waals surface area contributed by atoms with Crippen molar-refractivity contribution in [1.82, 2.24) is 0 Å². The van der Waals surface area contributed by atoms with Gasteiger partial charge >= 0.3 is 0 Å². The molecule has 0 amide bonds. The lowest BCUT2D eigenvalue weighted by molar-refractivity contribution is -0.130. The number of rotatable bonds is 12. The number of hydrogen-bond acceptors (Lipinski definition) is 3. The van der Waals surface area contributed by atoms with Gasteiger partial charge in [-0.2, -0.15) is 0 Å². The van der Waals surface area contributed by atoms with Crippen molar-refractivity contribution < 1.29 is 14.3 Å². The number of carbonyl (C=O) groups is 2. The summed E-state index contributed by atoms with van der Waals surface area (Å²) in [6, 6.07) is 0. The molecule has 0 saturated heterocycles. The van der Waals surface area contributed by atoms with Gasteiger partial charge in [0.1, 0.15) is 11.6 Å². The highest BCUT2D eigenvalue weighted by Gasteiger charge is 2.59. The maximum absolute atomic E-state index is 12.1. The molecule has 3 nitrogen and oxygen atoms in total. The third-order valence-electron chi connectivity index (χ3n) is 12.2. The first-order chi connectivity index (χ1) is 18.0. The maximum atomic E-state index is 12.1. The largest absolute Gasteiger partial charge is 0.377 e. The molecule has 0 aromatic rings. The van der Waals surface area contributed by atoms with Crippen LogP contribution < -0.4 is 0 Å². The highest BCUT2D eigenvalue weighted by atomic mass is 16.5. The summed E-state index contributed by atoms with van der Waals surface area (Å²) in [4.78, 5) is 24.1. The predicted molar refractivity (Wildman–Crippen MR) is 157 cm³/mol. The van der Waals surface area contributed by atoms with E-state index in [0.29, 0.717) is 30.3 Å². The van der Waals surface area contributed by atoms with E-state index in [1.54, 1.807) is 12.5 Å². The van der Waals surface area contributed by atoms with E-state index in [9.17, 15) is 9.59 Å². The Labute approximate surface area is 234 Å². The smallest absolute Gasteiger partial charge is 0.135 e. The van der Waals surface area contributed by atoms with E-state index in [1.165, 1.54) is 57.8 Å². The van der Waals surface area contributed by atoms with Crippen LogP contribution in [0.25, 0.3) is 0 Å². The number of Topliss-reactive ketones (excluding diaryl/α,β-unsaturated/α-hetero) is 2. The summed E-state index contributed by atoms with van der Waals surface area (Å²) in [5.41, 5.74) is 2.50. The lowest BCUT2D eigenvalue weighted by Crippen LogP contribution is -2.51. The lowest BCUT2D eigenvalue weighted by atomic mass is 9.47. The Bertz CT molecular complexity index is 872. The molecule has 0 heterocycles. The van der Waals surface area contributed by atoms with Crippen LogP contribution in [0, 0.1) is 52.3 Å². The molecule has 0 aliphatic heterocycles. The van der Waals surface area contributed by atoms with Gasteiger partial charge in [0.05, 0.1) is 12.7 Å². The van der Waals surface area contributed by atoms with Crippen molar-refractivity contribution in [1.29, 1.82) is 0 Å². The molecule has 9 atom stereocenters. The summed E-state index contributed by atoms with van der Waals surface area (Å²) in [6.07, 6.45) is 18.2. The van der Waals surface area contributed by atoms with Crippen LogP contribution in [0.1, 0.15) is 132 Å². The number of allylic oxidation sites excluding steroid dienone is 1. The molecule has 2 unspecified atom stereocenters. The number of fused-ring (bicyclic) bond motifs is 5. The van der Waals surface area contributed by atoms with Crippen LogP contribution in [0.2, 0.25) is 0 Å². The van der Waals surface area contributed by atoms with Crippen molar-refractivity contribution in [3.63, 3.8) is 0 Å². The average Bonchev–Trinajstić information content (AvgIpc) is 3.23. The number of ether oxygens (including phenoxy) is 1. The molecule has 0 bridgehead atoms. The van der Waals surface area contributed by atoms with E-state index in [0.717, 1.165) is 48.3 Å². The van der Waals surface area contributed by atoms with Crippen LogP contribution in [-0.4, -0.2) is 24.3 Å². The van der Waals surface area contributed by atoms with E-state index in [-0.39, 0.29) is 23.6 Å². The van der Waals surface area contributed by atoms with Gasteiger partial charge in [0.25, 0.3) is 0 Å². The second-order valence-corrected chi connectivity index (χ2v) is 14.9. The Balaban J connectivity index is 1.39. The number of hydrogen-bond donors (Lipinski definition) is 0. The van der Waals surface area contributed by atoms with Crippen LogP contribution in [0.5, 0.6) is 0 Å². The molecular formula is C35H58O3. The van der Waals surface area contributed by atoms with Gasteiger partial charge in [0.2, 0.25) is 0 Å². The van der Waals surface area contributed by atoms with Crippen LogP contribution in [0.4, 0.5) is 0 Å². The molecule has 3 fully saturated rings. The second kappa shape index (κ2) is 12.3. The highest BCUT2D eigenvalue weighted by Crippen LogP contribution is 2.67. The van der Waals surface area contributed by atoms with Crippen molar-refractivity contribution in [3.05, 3.63) is 11.6 Å². The summed E-state index contributed by atoms with van der Waals surface area (Å²) in [5, 5.41) is 0. The fraction of sp³-hybridized carbons (Fsp3) is 0.886. The first-order valence-electron chi connectivity index (χ1n) is 16.3. The zero-order valence-corrected chi connectivity index (χ0v) is 25.8. The quantitative estimate of drug-likeness (QED) is 0.238. The average molecular weight is 527 g/mol. The first-order valence-corrected chi connectivity index (χ1v) is 16.3. The van der Waals surface area contributed by atoms with E-state index in [1.807, 2.05) is 6.92 Å².